The molecule has 0 aliphatic rings. The van der Waals surface area contributed by atoms with E-state index in [1.54, 1.807) is 24.5 Å². The summed E-state index contributed by atoms with van der Waals surface area (Å²) in [6, 6.07) is 8.97. The Morgan fingerprint density at radius 1 is 1.13 bits per heavy atom. The summed E-state index contributed by atoms with van der Waals surface area (Å²) in [5.41, 5.74) is 2.43. The molecule has 0 saturated carbocycles. The highest BCUT2D eigenvalue weighted by molar-refractivity contribution is 6.31. The third-order valence-electron chi connectivity index (χ3n) is 2.13. The van der Waals surface area contributed by atoms with Crippen LogP contribution in [0, 0.1) is 0 Å². The van der Waals surface area contributed by atoms with Crippen molar-refractivity contribution in [3.05, 3.63) is 53.3 Å². The van der Waals surface area contributed by atoms with Gasteiger partial charge in [-0.15, -0.1) is 0 Å². The van der Waals surface area contributed by atoms with E-state index in [1.165, 1.54) is 0 Å². The lowest BCUT2D eigenvalue weighted by Gasteiger charge is -2.04. The number of aldehydes is 1. The van der Waals surface area contributed by atoms with Gasteiger partial charge in [0.2, 0.25) is 0 Å². The molecule has 0 atom stereocenters. The molecule has 0 fully saturated rings. The zero-order valence-electron chi connectivity index (χ0n) is 7.85. The second kappa shape index (κ2) is 4.24. The van der Waals surface area contributed by atoms with E-state index < -0.39 is 0 Å². The van der Waals surface area contributed by atoms with E-state index in [9.17, 15) is 4.79 Å². The second-order valence-electron chi connectivity index (χ2n) is 3.09. The molecule has 0 unspecified atom stereocenters. The molecule has 0 N–H and O–H groups in total. The van der Waals surface area contributed by atoms with Crippen LogP contribution in [0.3, 0.4) is 0 Å². The SMILES string of the molecule is O=Cc1cc(Cl)ccc1-c1ccncc1. The third kappa shape index (κ3) is 2.05. The van der Waals surface area contributed by atoms with Crippen molar-refractivity contribution in [2.75, 3.05) is 0 Å². The molecule has 0 saturated heterocycles. The first kappa shape index (κ1) is 9.87. The number of rotatable bonds is 2. The summed E-state index contributed by atoms with van der Waals surface area (Å²) in [4.78, 5) is 14.8. The lowest BCUT2D eigenvalue weighted by Crippen LogP contribution is -1.87. The molecule has 0 amide bonds. The van der Waals surface area contributed by atoms with Crippen LogP contribution in [0.5, 0.6) is 0 Å². The van der Waals surface area contributed by atoms with Crippen molar-refractivity contribution in [2.45, 2.75) is 0 Å². The minimum absolute atomic E-state index is 0.565. The second-order valence-corrected chi connectivity index (χ2v) is 3.52. The summed E-state index contributed by atoms with van der Waals surface area (Å²) in [5, 5.41) is 0.565. The van der Waals surface area contributed by atoms with Crippen LogP contribution in [0.1, 0.15) is 10.4 Å². The summed E-state index contributed by atoms with van der Waals surface area (Å²) in [5.74, 6) is 0. The van der Waals surface area contributed by atoms with Crippen LogP contribution >= 0.6 is 11.6 Å². The molecule has 0 aliphatic heterocycles. The Morgan fingerprint density at radius 2 is 1.87 bits per heavy atom. The molecular formula is C12H8ClNO. The molecule has 2 nitrogen and oxygen atoms in total. The molecule has 2 rings (SSSR count). The molecule has 2 aromatic rings. The number of aromatic nitrogens is 1. The Kier molecular flexibility index (Phi) is 2.79. The van der Waals surface area contributed by atoms with Gasteiger partial charge in [0.05, 0.1) is 0 Å². The van der Waals surface area contributed by atoms with Crippen molar-refractivity contribution in [1.82, 2.24) is 4.98 Å². The zero-order chi connectivity index (χ0) is 10.7. The van der Waals surface area contributed by atoms with E-state index in [0.717, 1.165) is 17.4 Å². The number of pyridine rings is 1. The number of hydrogen-bond acceptors (Lipinski definition) is 2. The fraction of sp³-hybridized carbons (Fsp3) is 0. The number of benzene rings is 1. The van der Waals surface area contributed by atoms with Gasteiger partial charge in [-0.2, -0.15) is 0 Å². The highest BCUT2D eigenvalue weighted by Gasteiger charge is 2.04. The predicted molar refractivity (Wildman–Crippen MR) is 60.1 cm³/mol. The van der Waals surface area contributed by atoms with Gasteiger partial charge in [-0.25, -0.2) is 0 Å². The van der Waals surface area contributed by atoms with Crippen LogP contribution in [0.2, 0.25) is 5.02 Å². The first-order valence-corrected chi connectivity index (χ1v) is 4.84. The Bertz CT molecular complexity index is 482. The Morgan fingerprint density at radius 3 is 2.53 bits per heavy atom. The number of carbonyl (C=O) groups excluding carboxylic acids is 1. The Balaban J connectivity index is 2.58. The maximum absolute atomic E-state index is 10.9. The summed E-state index contributed by atoms with van der Waals surface area (Å²) in [6.45, 7) is 0. The molecule has 0 radical (unpaired) electrons. The Hall–Kier alpha value is -1.67. The van der Waals surface area contributed by atoms with Gasteiger partial charge in [-0.3, -0.25) is 9.78 Å². The van der Waals surface area contributed by atoms with Crippen LogP contribution in [-0.2, 0) is 0 Å². The van der Waals surface area contributed by atoms with E-state index in [1.807, 2.05) is 18.2 Å². The van der Waals surface area contributed by atoms with Crippen LogP contribution in [0.25, 0.3) is 11.1 Å². The molecule has 0 bridgehead atoms. The predicted octanol–water partition coefficient (Wildman–Crippen LogP) is 3.21. The van der Waals surface area contributed by atoms with Crippen molar-refractivity contribution in [3.63, 3.8) is 0 Å². The zero-order valence-corrected chi connectivity index (χ0v) is 8.61. The average molecular weight is 218 g/mol. The fourth-order valence-electron chi connectivity index (χ4n) is 1.43. The molecule has 1 aromatic carbocycles. The van der Waals surface area contributed by atoms with Crippen LogP contribution in [0.15, 0.2) is 42.7 Å². The van der Waals surface area contributed by atoms with E-state index in [0.29, 0.717) is 10.6 Å². The van der Waals surface area contributed by atoms with Gasteiger partial charge >= 0.3 is 0 Å². The lowest BCUT2D eigenvalue weighted by atomic mass is 10.0. The van der Waals surface area contributed by atoms with Crippen LogP contribution < -0.4 is 0 Å². The van der Waals surface area contributed by atoms with E-state index in [2.05, 4.69) is 4.98 Å². The molecule has 0 aliphatic carbocycles. The number of carbonyl (C=O) groups is 1. The van der Waals surface area contributed by atoms with E-state index in [-0.39, 0.29) is 0 Å². The summed E-state index contributed by atoms with van der Waals surface area (Å²) >= 11 is 5.81. The molecule has 15 heavy (non-hydrogen) atoms. The minimum Gasteiger partial charge on any atom is -0.298 e. The summed E-state index contributed by atoms with van der Waals surface area (Å²) < 4.78 is 0. The van der Waals surface area contributed by atoms with Crippen molar-refractivity contribution in [1.29, 1.82) is 0 Å². The van der Waals surface area contributed by atoms with Gasteiger partial charge in [0, 0.05) is 23.0 Å². The number of halogens is 1. The van der Waals surface area contributed by atoms with Crippen molar-refractivity contribution >= 4 is 17.9 Å². The molecular weight excluding hydrogens is 210 g/mol. The first-order chi connectivity index (χ1) is 7.31. The van der Waals surface area contributed by atoms with Gasteiger partial charge in [0.1, 0.15) is 0 Å². The normalized spacial score (nSPS) is 9.93. The summed E-state index contributed by atoms with van der Waals surface area (Å²) in [7, 11) is 0. The maximum Gasteiger partial charge on any atom is 0.150 e. The molecule has 3 heteroatoms. The third-order valence-corrected chi connectivity index (χ3v) is 2.37. The fourth-order valence-corrected chi connectivity index (χ4v) is 1.61. The largest absolute Gasteiger partial charge is 0.298 e. The van der Waals surface area contributed by atoms with Crippen LogP contribution in [-0.4, -0.2) is 11.3 Å². The van der Waals surface area contributed by atoms with Crippen molar-refractivity contribution in [3.8, 4) is 11.1 Å². The van der Waals surface area contributed by atoms with Gasteiger partial charge < -0.3 is 0 Å². The standard InChI is InChI=1S/C12H8ClNO/c13-11-1-2-12(10(7-11)8-15)9-3-5-14-6-4-9/h1-8H. The van der Waals surface area contributed by atoms with E-state index >= 15 is 0 Å². The Labute approximate surface area is 92.5 Å². The molecule has 0 spiro atoms. The quantitative estimate of drug-likeness (QED) is 0.723. The van der Waals surface area contributed by atoms with Gasteiger partial charge in [-0.05, 0) is 35.4 Å². The van der Waals surface area contributed by atoms with Gasteiger partial charge in [0.15, 0.2) is 6.29 Å². The maximum atomic E-state index is 10.9. The smallest absolute Gasteiger partial charge is 0.150 e. The lowest BCUT2D eigenvalue weighted by molar-refractivity contribution is 0.112. The van der Waals surface area contributed by atoms with Crippen molar-refractivity contribution in [2.24, 2.45) is 0 Å². The van der Waals surface area contributed by atoms with Gasteiger partial charge in [0.25, 0.3) is 0 Å². The highest BCUT2D eigenvalue weighted by Crippen LogP contribution is 2.24. The molecule has 1 aromatic heterocycles. The monoisotopic (exact) mass is 217 g/mol. The number of nitrogens with zero attached hydrogens (tertiary/aromatic N) is 1. The first-order valence-electron chi connectivity index (χ1n) is 4.46. The van der Waals surface area contributed by atoms with Crippen molar-refractivity contribution < 1.29 is 4.79 Å². The molecule has 74 valence electrons. The minimum atomic E-state index is 0.565. The highest BCUT2D eigenvalue weighted by atomic mass is 35.5. The number of hydrogen-bond donors (Lipinski definition) is 0. The van der Waals surface area contributed by atoms with Crippen LogP contribution in [0.4, 0.5) is 0 Å². The summed E-state index contributed by atoms with van der Waals surface area (Å²) in [6.07, 6.45) is 4.19. The molecule has 1 heterocycles. The average Bonchev–Trinajstić information content (AvgIpc) is 2.30. The van der Waals surface area contributed by atoms with Gasteiger partial charge in [-0.1, -0.05) is 17.7 Å². The van der Waals surface area contributed by atoms with E-state index in [4.69, 9.17) is 11.6 Å². The topological polar surface area (TPSA) is 30.0 Å².